The summed E-state index contributed by atoms with van der Waals surface area (Å²) in [5.41, 5.74) is 3.17. The fourth-order valence-corrected chi connectivity index (χ4v) is 2.55. The van der Waals surface area contributed by atoms with Crippen molar-refractivity contribution in [3.05, 3.63) is 66.1 Å². The molecule has 3 aromatic rings. The molecule has 0 aliphatic heterocycles. The Morgan fingerprint density at radius 2 is 2.00 bits per heavy atom. The zero-order valence-electron chi connectivity index (χ0n) is 14.8. The molecule has 0 spiro atoms. The summed E-state index contributed by atoms with van der Waals surface area (Å²) in [4.78, 5) is 23.6. The van der Waals surface area contributed by atoms with Crippen LogP contribution in [0.2, 0.25) is 0 Å². The van der Waals surface area contributed by atoms with Crippen molar-refractivity contribution in [1.29, 1.82) is 0 Å². The summed E-state index contributed by atoms with van der Waals surface area (Å²) in [6.07, 6.45) is 2.93. The molecule has 0 aliphatic carbocycles. The van der Waals surface area contributed by atoms with Crippen molar-refractivity contribution in [1.82, 2.24) is 10.7 Å². The number of hydrazone groups is 1. The highest BCUT2D eigenvalue weighted by molar-refractivity contribution is 6.02. The molecule has 0 radical (unpaired) electrons. The molecule has 0 aliphatic rings. The molecular weight excluding hydrogens is 346 g/mol. The SMILES string of the molecule is CCOc1ccc2ccccc2c1/C=N/NC(=O)CNC(=O)c1ccco1. The first-order valence-corrected chi connectivity index (χ1v) is 8.47. The number of furan rings is 1. The number of fused-ring (bicyclic) bond motifs is 1. The van der Waals surface area contributed by atoms with Gasteiger partial charge in [0.05, 0.1) is 25.6 Å². The zero-order valence-corrected chi connectivity index (χ0v) is 14.8. The molecule has 0 atom stereocenters. The fraction of sp³-hybridized carbons (Fsp3) is 0.150. The molecule has 0 fully saturated rings. The summed E-state index contributed by atoms with van der Waals surface area (Å²) >= 11 is 0. The molecule has 0 unspecified atom stereocenters. The van der Waals surface area contributed by atoms with E-state index in [1.807, 2.05) is 43.3 Å². The number of benzene rings is 2. The molecule has 138 valence electrons. The van der Waals surface area contributed by atoms with E-state index in [2.05, 4.69) is 15.8 Å². The van der Waals surface area contributed by atoms with E-state index in [0.717, 1.165) is 16.3 Å². The van der Waals surface area contributed by atoms with Gasteiger partial charge >= 0.3 is 0 Å². The van der Waals surface area contributed by atoms with Crippen molar-refractivity contribution >= 4 is 28.8 Å². The predicted molar refractivity (Wildman–Crippen MR) is 102 cm³/mol. The van der Waals surface area contributed by atoms with Gasteiger partial charge < -0.3 is 14.5 Å². The van der Waals surface area contributed by atoms with Gasteiger partial charge in [-0.2, -0.15) is 5.10 Å². The molecule has 0 saturated carbocycles. The van der Waals surface area contributed by atoms with Gasteiger partial charge in [0.2, 0.25) is 0 Å². The summed E-state index contributed by atoms with van der Waals surface area (Å²) in [5.74, 6) is -0.0973. The molecule has 2 aromatic carbocycles. The van der Waals surface area contributed by atoms with Crippen LogP contribution in [0.25, 0.3) is 10.8 Å². The Kier molecular flexibility index (Phi) is 5.84. The first-order valence-electron chi connectivity index (χ1n) is 8.47. The fourth-order valence-electron chi connectivity index (χ4n) is 2.55. The number of carbonyl (C=O) groups excluding carboxylic acids is 2. The molecule has 2 amide bonds. The molecule has 27 heavy (non-hydrogen) atoms. The van der Waals surface area contributed by atoms with Crippen molar-refractivity contribution in [3.8, 4) is 5.75 Å². The Morgan fingerprint density at radius 3 is 2.78 bits per heavy atom. The number of amides is 2. The predicted octanol–water partition coefficient (Wildman–Crippen LogP) is 2.71. The number of carbonyl (C=O) groups is 2. The molecule has 3 rings (SSSR count). The minimum absolute atomic E-state index is 0.142. The van der Waals surface area contributed by atoms with Gasteiger partial charge in [0.15, 0.2) is 5.76 Å². The third-order valence-electron chi connectivity index (χ3n) is 3.77. The average Bonchev–Trinajstić information content (AvgIpc) is 3.22. The summed E-state index contributed by atoms with van der Waals surface area (Å²) in [7, 11) is 0. The van der Waals surface area contributed by atoms with E-state index < -0.39 is 11.8 Å². The molecule has 0 bridgehead atoms. The van der Waals surface area contributed by atoms with Crippen LogP contribution in [0.5, 0.6) is 5.75 Å². The van der Waals surface area contributed by atoms with Crippen molar-refractivity contribution in [2.45, 2.75) is 6.92 Å². The zero-order chi connectivity index (χ0) is 19.1. The highest BCUT2D eigenvalue weighted by Crippen LogP contribution is 2.26. The van der Waals surface area contributed by atoms with Crippen molar-refractivity contribution in [2.75, 3.05) is 13.2 Å². The van der Waals surface area contributed by atoms with Crippen LogP contribution < -0.4 is 15.5 Å². The van der Waals surface area contributed by atoms with Crippen molar-refractivity contribution in [2.24, 2.45) is 5.10 Å². The number of nitrogens with one attached hydrogen (secondary N) is 2. The first-order chi connectivity index (χ1) is 13.2. The van der Waals surface area contributed by atoms with E-state index in [4.69, 9.17) is 9.15 Å². The maximum Gasteiger partial charge on any atom is 0.287 e. The van der Waals surface area contributed by atoms with Crippen LogP contribution in [0.3, 0.4) is 0 Å². The van der Waals surface area contributed by atoms with Gasteiger partial charge in [-0.15, -0.1) is 0 Å². The summed E-state index contributed by atoms with van der Waals surface area (Å²) in [6.45, 7) is 2.20. The Hall–Kier alpha value is -3.61. The van der Waals surface area contributed by atoms with Gasteiger partial charge in [-0.1, -0.05) is 30.3 Å². The van der Waals surface area contributed by atoms with Gasteiger partial charge in [0, 0.05) is 5.56 Å². The Balaban J connectivity index is 1.66. The second kappa shape index (κ2) is 8.66. The van der Waals surface area contributed by atoms with E-state index in [-0.39, 0.29) is 12.3 Å². The van der Waals surface area contributed by atoms with Crippen LogP contribution >= 0.6 is 0 Å². The largest absolute Gasteiger partial charge is 0.493 e. The lowest BCUT2D eigenvalue weighted by atomic mass is 10.0. The normalized spacial score (nSPS) is 10.9. The smallest absolute Gasteiger partial charge is 0.287 e. The molecular formula is C20H19N3O4. The van der Waals surface area contributed by atoms with Crippen LogP contribution in [0.15, 0.2) is 64.3 Å². The standard InChI is InChI=1S/C20H19N3O4/c1-2-26-17-10-9-14-6-3-4-7-15(14)16(17)12-22-23-19(24)13-21-20(25)18-8-5-11-27-18/h3-12H,2,13H2,1H3,(H,21,25)(H,23,24)/b22-12+. The average molecular weight is 365 g/mol. The van der Waals surface area contributed by atoms with Crippen LogP contribution in [0, 0.1) is 0 Å². The highest BCUT2D eigenvalue weighted by atomic mass is 16.5. The van der Waals surface area contributed by atoms with Crippen LogP contribution in [0.1, 0.15) is 23.0 Å². The molecule has 2 N–H and O–H groups in total. The van der Waals surface area contributed by atoms with Gasteiger partial charge in [0.1, 0.15) is 5.75 Å². The van der Waals surface area contributed by atoms with Crippen LogP contribution in [-0.2, 0) is 4.79 Å². The van der Waals surface area contributed by atoms with Gasteiger partial charge in [-0.05, 0) is 35.9 Å². The first kappa shape index (κ1) is 18.2. The second-order valence-electron chi connectivity index (χ2n) is 5.58. The minimum Gasteiger partial charge on any atom is -0.493 e. The lowest BCUT2D eigenvalue weighted by Crippen LogP contribution is -2.34. The topological polar surface area (TPSA) is 92.9 Å². The molecule has 1 aromatic heterocycles. The number of nitrogens with zero attached hydrogens (tertiary/aromatic N) is 1. The molecule has 7 nitrogen and oxygen atoms in total. The molecule has 1 heterocycles. The lowest BCUT2D eigenvalue weighted by molar-refractivity contribution is -0.120. The van der Waals surface area contributed by atoms with E-state index in [9.17, 15) is 9.59 Å². The maximum absolute atomic E-state index is 11.9. The molecule has 0 saturated heterocycles. The van der Waals surface area contributed by atoms with Gasteiger partial charge in [-0.3, -0.25) is 9.59 Å². The third kappa shape index (κ3) is 4.52. The minimum atomic E-state index is -0.466. The number of hydrogen-bond acceptors (Lipinski definition) is 5. The second-order valence-corrected chi connectivity index (χ2v) is 5.58. The molecule has 7 heteroatoms. The van der Waals surface area contributed by atoms with Gasteiger partial charge in [0.25, 0.3) is 11.8 Å². The van der Waals surface area contributed by atoms with Crippen molar-refractivity contribution < 1.29 is 18.7 Å². The van der Waals surface area contributed by atoms with E-state index >= 15 is 0 Å². The van der Waals surface area contributed by atoms with Gasteiger partial charge in [-0.25, -0.2) is 5.43 Å². The number of hydrogen-bond donors (Lipinski definition) is 2. The third-order valence-corrected chi connectivity index (χ3v) is 3.77. The Morgan fingerprint density at radius 1 is 1.15 bits per heavy atom. The van der Waals surface area contributed by atoms with E-state index in [1.54, 1.807) is 12.3 Å². The van der Waals surface area contributed by atoms with E-state index in [1.165, 1.54) is 12.3 Å². The van der Waals surface area contributed by atoms with E-state index in [0.29, 0.717) is 12.4 Å². The number of rotatable bonds is 7. The van der Waals surface area contributed by atoms with Crippen LogP contribution in [-0.4, -0.2) is 31.2 Å². The Labute approximate surface area is 156 Å². The monoisotopic (exact) mass is 365 g/mol. The summed E-state index contributed by atoms with van der Waals surface area (Å²) in [6, 6.07) is 14.8. The Bertz CT molecular complexity index is 965. The van der Waals surface area contributed by atoms with Crippen LogP contribution in [0.4, 0.5) is 0 Å². The summed E-state index contributed by atoms with van der Waals surface area (Å²) in [5, 5.41) is 8.45. The quantitative estimate of drug-likeness (QED) is 0.497. The highest BCUT2D eigenvalue weighted by Gasteiger charge is 2.10. The maximum atomic E-state index is 11.9. The number of ether oxygens (including phenoxy) is 1. The summed E-state index contributed by atoms with van der Waals surface area (Å²) < 4.78 is 10.6. The van der Waals surface area contributed by atoms with Crippen molar-refractivity contribution in [3.63, 3.8) is 0 Å². The lowest BCUT2D eigenvalue weighted by Gasteiger charge is -2.10.